The van der Waals surface area contributed by atoms with Crippen molar-refractivity contribution in [1.82, 2.24) is 14.6 Å². The summed E-state index contributed by atoms with van der Waals surface area (Å²) in [6, 6.07) is 9.36. The zero-order valence-electron chi connectivity index (χ0n) is 13.2. The summed E-state index contributed by atoms with van der Waals surface area (Å²) < 4.78 is 1.51. The van der Waals surface area contributed by atoms with Crippen LogP contribution in [0.4, 0.5) is 11.6 Å². The molecule has 3 heterocycles. The molecule has 0 aliphatic carbocycles. The van der Waals surface area contributed by atoms with E-state index in [1.807, 2.05) is 30.3 Å². The molecule has 0 saturated carbocycles. The minimum Gasteiger partial charge on any atom is -0.325 e. The third-order valence-electron chi connectivity index (χ3n) is 3.38. The average molecular weight is 309 g/mol. The molecule has 0 fully saturated rings. The third-order valence-corrected chi connectivity index (χ3v) is 3.38. The Hall–Kier alpha value is -2.89. The molecule has 6 nitrogen and oxygen atoms in total. The van der Waals surface area contributed by atoms with Crippen LogP contribution in [0.15, 0.2) is 53.7 Å². The van der Waals surface area contributed by atoms with Crippen LogP contribution in [-0.4, -0.2) is 21.2 Å². The standard InChI is InChI=1S/C17H19N5O/c1-12(2)10-20-22-8-6-13-9-16(19-11-14(13)17(22)23)21-15-5-3-4-7-18-15/h3-9,11-12,20H,10H2,1-2H3,(H,18,19,21). The average Bonchev–Trinajstić information content (AvgIpc) is 2.55. The predicted octanol–water partition coefficient (Wildman–Crippen LogP) is 2.73. The second-order valence-electron chi connectivity index (χ2n) is 5.74. The monoisotopic (exact) mass is 309 g/mol. The van der Waals surface area contributed by atoms with Crippen molar-refractivity contribution in [2.45, 2.75) is 13.8 Å². The van der Waals surface area contributed by atoms with Crippen LogP contribution >= 0.6 is 0 Å². The van der Waals surface area contributed by atoms with Crippen LogP contribution in [-0.2, 0) is 0 Å². The first-order valence-corrected chi connectivity index (χ1v) is 7.57. The molecule has 0 atom stereocenters. The van der Waals surface area contributed by atoms with Crippen LogP contribution in [0.5, 0.6) is 0 Å². The minimum atomic E-state index is -0.0972. The lowest BCUT2D eigenvalue weighted by molar-refractivity contribution is 0.635. The van der Waals surface area contributed by atoms with E-state index in [1.165, 1.54) is 4.68 Å². The van der Waals surface area contributed by atoms with Gasteiger partial charge in [-0.05, 0) is 35.6 Å². The summed E-state index contributed by atoms with van der Waals surface area (Å²) in [5, 5.41) is 4.54. The Morgan fingerprint density at radius 1 is 1.17 bits per heavy atom. The molecular weight excluding hydrogens is 290 g/mol. The van der Waals surface area contributed by atoms with Crippen molar-refractivity contribution < 1.29 is 0 Å². The number of nitrogens with one attached hydrogen (secondary N) is 2. The summed E-state index contributed by atoms with van der Waals surface area (Å²) in [6.07, 6.45) is 5.05. The van der Waals surface area contributed by atoms with Gasteiger partial charge in [0.05, 0.1) is 5.39 Å². The summed E-state index contributed by atoms with van der Waals surface area (Å²) in [7, 11) is 0. The van der Waals surface area contributed by atoms with Crippen LogP contribution < -0.4 is 16.3 Å². The molecule has 3 aromatic heterocycles. The van der Waals surface area contributed by atoms with Crippen LogP contribution in [0.1, 0.15) is 13.8 Å². The molecule has 0 amide bonds. The largest absolute Gasteiger partial charge is 0.325 e. The number of aromatic nitrogens is 3. The summed E-state index contributed by atoms with van der Waals surface area (Å²) in [5.41, 5.74) is 3.01. The van der Waals surface area contributed by atoms with E-state index in [0.29, 0.717) is 22.9 Å². The molecule has 2 N–H and O–H groups in total. The van der Waals surface area contributed by atoms with Crippen molar-refractivity contribution >= 4 is 22.4 Å². The predicted molar refractivity (Wildman–Crippen MR) is 92.6 cm³/mol. The molecular formula is C17H19N5O. The van der Waals surface area contributed by atoms with Gasteiger partial charge < -0.3 is 10.7 Å². The Labute approximate surface area is 134 Å². The highest BCUT2D eigenvalue weighted by Crippen LogP contribution is 2.16. The maximum Gasteiger partial charge on any atom is 0.278 e. The fourth-order valence-electron chi connectivity index (χ4n) is 2.18. The van der Waals surface area contributed by atoms with Gasteiger partial charge in [0.1, 0.15) is 11.6 Å². The first kappa shape index (κ1) is 15.0. The van der Waals surface area contributed by atoms with Gasteiger partial charge in [0, 0.05) is 25.1 Å². The van der Waals surface area contributed by atoms with Crippen LogP contribution in [0.2, 0.25) is 0 Å². The molecule has 6 heteroatoms. The van der Waals surface area contributed by atoms with E-state index in [1.54, 1.807) is 18.6 Å². The van der Waals surface area contributed by atoms with Gasteiger partial charge in [-0.3, -0.25) is 4.79 Å². The molecule has 0 unspecified atom stereocenters. The van der Waals surface area contributed by atoms with Crippen molar-refractivity contribution in [3.05, 3.63) is 59.3 Å². The molecule has 0 bridgehead atoms. The highest BCUT2D eigenvalue weighted by atomic mass is 16.1. The highest BCUT2D eigenvalue weighted by molar-refractivity contribution is 5.83. The Morgan fingerprint density at radius 3 is 2.78 bits per heavy atom. The van der Waals surface area contributed by atoms with Gasteiger partial charge in [-0.15, -0.1) is 0 Å². The van der Waals surface area contributed by atoms with Crippen molar-refractivity contribution in [3.8, 4) is 0 Å². The summed E-state index contributed by atoms with van der Waals surface area (Å²) in [6.45, 7) is 4.92. The van der Waals surface area contributed by atoms with Gasteiger partial charge in [0.15, 0.2) is 0 Å². The van der Waals surface area contributed by atoms with Crippen molar-refractivity contribution in [1.29, 1.82) is 0 Å². The first-order valence-electron chi connectivity index (χ1n) is 7.57. The summed E-state index contributed by atoms with van der Waals surface area (Å²) in [4.78, 5) is 20.9. The maximum absolute atomic E-state index is 12.4. The number of hydrogen-bond donors (Lipinski definition) is 2. The van der Waals surface area contributed by atoms with Gasteiger partial charge in [-0.25, -0.2) is 14.6 Å². The lowest BCUT2D eigenvalue weighted by Crippen LogP contribution is -2.30. The van der Waals surface area contributed by atoms with Crippen LogP contribution in [0.25, 0.3) is 10.8 Å². The lowest BCUT2D eigenvalue weighted by atomic mass is 10.2. The fraction of sp³-hybridized carbons (Fsp3) is 0.235. The van der Waals surface area contributed by atoms with E-state index < -0.39 is 0 Å². The Kier molecular flexibility index (Phi) is 4.23. The zero-order chi connectivity index (χ0) is 16.2. The normalized spacial score (nSPS) is 10.9. The van der Waals surface area contributed by atoms with E-state index in [9.17, 15) is 4.79 Å². The van der Waals surface area contributed by atoms with E-state index >= 15 is 0 Å². The quantitative estimate of drug-likeness (QED) is 0.758. The fourth-order valence-corrected chi connectivity index (χ4v) is 2.18. The summed E-state index contributed by atoms with van der Waals surface area (Å²) in [5.74, 6) is 1.83. The smallest absolute Gasteiger partial charge is 0.278 e. The van der Waals surface area contributed by atoms with E-state index in [0.717, 1.165) is 11.9 Å². The number of anilines is 2. The molecule has 0 aromatic carbocycles. The van der Waals surface area contributed by atoms with E-state index in [4.69, 9.17) is 0 Å². The number of hydrogen-bond acceptors (Lipinski definition) is 5. The van der Waals surface area contributed by atoms with Gasteiger partial charge >= 0.3 is 0 Å². The van der Waals surface area contributed by atoms with Crippen molar-refractivity contribution in [2.24, 2.45) is 5.92 Å². The topological polar surface area (TPSA) is 71.8 Å². The molecule has 118 valence electrons. The maximum atomic E-state index is 12.4. The molecule has 3 rings (SSSR count). The summed E-state index contributed by atoms with van der Waals surface area (Å²) >= 11 is 0. The number of rotatable bonds is 5. The molecule has 3 aromatic rings. The van der Waals surface area contributed by atoms with Crippen molar-refractivity contribution in [3.63, 3.8) is 0 Å². The highest BCUT2D eigenvalue weighted by Gasteiger charge is 2.05. The SMILES string of the molecule is CC(C)CNn1ccc2cc(Nc3ccccn3)ncc2c1=O. The number of nitrogens with zero attached hydrogens (tertiary/aromatic N) is 3. The molecule has 0 aliphatic heterocycles. The molecule has 0 radical (unpaired) electrons. The van der Waals surface area contributed by atoms with Gasteiger partial charge in [-0.2, -0.15) is 0 Å². The van der Waals surface area contributed by atoms with E-state index in [-0.39, 0.29) is 5.56 Å². The Bertz CT molecular complexity index is 858. The number of pyridine rings is 3. The zero-order valence-corrected chi connectivity index (χ0v) is 13.2. The molecule has 0 spiro atoms. The molecule has 23 heavy (non-hydrogen) atoms. The number of fused-ring (bicyclic) bond motifs is 1. The van der Waals surface area contributed by atoms with Gasteiger partial charge in [-0.1, -0.05) is 19.9 Å². The lowest BCUT2D eigenvalue weighted by Gasteiger charge is -2.12. The molecule has 0 saturated heterocycles. The second-order valence-corrected chi connectivity index (χ2v) is 5.74. The van der Waals surface area contributed by atoms with Gasteiger partial charge in [0.2, 0.25) is 0 Å². The van der Waals surface area contributed by atoms with Crippen LogP contribution in [0.3, 0.4) is 0 Å². The van der Waals surface area contributed by atoms with E-state index in [2.05, 4.69) is 34.6 Å². The van der Waals surface area contributed by atoms with Crippen molar-refractivity contribution in [2.75, 3.05) is 17.3 Å². The Balaban J connectivity index is 1.89. The van der Waals surface area contributed by atoms with Crippen LogP contribution in [0, 0.1) is 5.92 Å². The van der Waals surface area contributed by atoms with Gasteiger partial charge in [0.25, 0.3) is 5.56 Å². The molecule has 0 aliphatic rings. The first-order chi connectivity index (χ1) is 11.1. The third kappa shape index (κ3) is 3.48. The second kappa shape index (κ2) is 6.48. The minimum absolute atomic E-state index is 0.0972. The Morgan fingerprint density at radius 2 is 2.04 bits per heavy atom.